The van der Waals surface area contributed by atoms with E-state index < -0.39 is 59.6 Å². The zero-order valence-electron chi connectivity index (χ0n) is 21.1. The van der Waals surface area contributed by atoms with Crippen molar-refractivity contribution >= 4 is 47.4 Å². The molecule has 1 unspecified atom stereocenters. The van der Waals surface area contributed by atoms with Gasteiger partial charge in [-0.1, -0.05) is 51.1 Å². The first kappa shape index (κ1) is 28.0. The molecular formula is C24H31N5O7S. The van der Waals surface area contributed by atoms with E-state index in [1.165, 1.54) is 21.6 Å². The second kappa shape index (κ2) is 11.2. The number of piperazine rings is 1. The Labute approximate surface area is 218 Å². The van der Waals surface area contributed by atoms with Gasteiger partial charge in [-0.3, -0.25) is 28.9 Å². The molecule has 2 aliphatic rings. The molecule has 2 heterocycles. The average Bonchev–Trinajstić information content (AvgIpc) is 2.84. The first-order valence-electron chi connectivity index (χ1n) is 11.8. The van der Waals surface area contributed by atoms with Crippen LogP contribution < -0.4 is 10.6 Å². The number of nitrogens with zero attached hydrogens (tertiary/aromatic N) is 3. The Kier molecular flexibility index (Phi) is 8.46. The fourth-order valence-corrected chi connectivity index (χ4v) is 5.37. The third-order valence-electron chi connectivity index (χ3n) is 5.82. The number of urea groups is 1. The number of carbonyl (C=O) groups is 6. The Morgan fingerprint density at radius 2 is 1.73 bits per heavy atom. The van der Waals surface area contributed by atoms with Crippen LogP contribution in [0.3, 0.4) is 0 Å². The lowest BCUT2D eigenvalue weighted by molar-refractivity contribution is -0.155. The quantitative estimate of drug-likeness (QED) is 0.320. The van der Waals surface area contributed by atoms with E-state index in [2.05, 4.69) is 10.6 Å². The van der Waals surface area contributed by atoms with Crippen molar-refractivity contribution in [2.75, 3.05) is 26.2 Å². The summed E-state index contributed by atoms with van der Waals surface area (Å²) in [5.74, 6) is -4.22. The molecule has 0 radical (unpaired) electrons. The smallest absolute Gasteiger partial charge is 0.325 e. The summed E-state index contributed by atoms with van der Waals surface area (Å²) in [6.45, 7) is 7.42. The van der Waals surface area contributed by atoms with Gasteiger partial charge in [0.05, 0.1) is 0 Å². The van der Waals surface area contributed by atoms with Gasteiger partial charge in [-0.25, -0.2) is 4.79 Å². The molecule has 6 amide bonds. The molecule has 1 aromatic carbocycles. The van der Waals surface area contributed by atoms with Crippen LogP contribution in [-0.2, 0) is 24.0 Å². The molecule has 0 bridgehead atoms. The van der Waals surface area contributed by atoms with Gasteiger partial charge in [0, 0.05) is 24.4 Å². The van der Waals surface area contributed by atoms with Gasteiger partial charge >= 0.3 is 23.8 Å². The van der Waals surface area contributed by atoms with Crippen molar-refractivity contribution in [1.29, 1.82) is 0 Å². The number of likely N-dealkylation sites (tertiary alicyclic amines) is 1. The van der Waals surface area contributed by atoms with Crippen molar-refractivity contribution in [1.82, 2.24) is 25.3 Å². The standard InChI is InChI=1S/C24H31N5O7S/c1-5-27-11-12-28(21(35)20(27)34)23(36)26-16(14-9-7-6-8-10-14)18(32)25-17-19(33)29(13-15(30)31)22(17)37-24(2,3)4/h6-10,16-17,22H,5,11-13H2,1-4H3,(H,25,32)(H,26,36)(H,30,31)/t16-,17-,22?/m1/s1. The lowest BCUT2D eigenvalue weighted by Gasteiger charge is -2.48. The number of imide groups is 1. The predicted octanol–water partition coefficient (Wildman–Crippen LogP) is 0.397. The van der Waals surface area contributed by atoms with Gasteiger partial charge in [0.25, 0.3) is 0 Å². The zero-order chi connectivity index (χ0) is 27.5. The fourth-order valence-electron chi connectivity index (χ4n) is 4.02. The monoisotopic (exact) mass is 533 g/mol. The van der Waals surface area contributed by atoms with E-state index in [1.807, 2.05) is 20.8 Å². The number of β-lactam (4-membered cyclic amide) rings is 1. The van der Waals surface area contributed by atoms with Crippen LogP contribution in [-0.4, -0.2) is 97.8 Å². The van der Waals surface area contributed by atoms with Gasteiger partial charge in [0.1, 0.15) is 24.0 Å². The molecular weight excluding hydrogens is 502 g/mol. The second-order valence-corrected chi connectivity index (χ2v) is 11.5. The Morgan fingerprint density at radius 3 is 2.30 bits per heavy atom. The van der Waals surface area contributed by atoms with E-state index in [-0.39, 0.29) is 17.8 Å². The highest BCUT2D eigenvalue weighted by molar-refractivity contribution is 8.01. The SMILES string of the molecule is CCN1CCN(C(=O)N[C@@H](C(=O)N[C@@H]2C(=O)N(CC(=O)O)C2SC(C)(C)C)c2ccccc2)C(=O)C1=O. The predicted molar refractivity (Wildman–Crippen MR) is 134 cm³/mol. The summed E-state index contributed by atoms with van der Waals surface area (Å²) in [7, 11) is 0. The minimum absolute atomic E-state index is 0.0249. The summed E-state index contributed by atoms with van der Waals surface area (Å²) in [6, 6.07) is 5.07. The van der Waals surface area contributed by atoms with Crippen LogP contribution in [0.25, 0.3) is 0 Å². The van der Waals surface area contributed by atoms with Crippen molar-refractivity contribution < 1.29 is 33.9 Å². The van der Waals surface area contributed by atoms with Crippen LogP contribution in [0.2, 0.25) is 0 Å². The van der Waals surface area contributed by atoms with E-state index in [4.69, 9.17) is 0 Å². The summed E-state index contributed by atoms with van der Waals surface area (Å²) in [4.78, 5) is 78.4. The molecule has 3 atom stereocenters. The maximum absolute atomic E-state index is 13.4. The molecule has 37 heavy (non-hydrogen) atoms. The Balaban J connectivity index is 1.80. The normalized spacial score (nSPS) is 20.9. The van der Waals surface area contributed by atoms with Gasteiger partial charge in [0.2, 0.25) is 11.8 Å². The number of rotatable bonds is 8. The van der Waals surface area contributed by atoms with E-state index in [1.54, 1.807) is 37.3 Å². The van der Waals surface area contributed by atoms with E-state index in [0.717, 1.165) is 4.90 Å². The van der Waals surface area contributed by atoms with Crippen LogP contribution in [0.5, 0.6) is 0 Å². The van der Waals surface area contributed by atoms with Crippen LogP contribution in [0.1, 0.15) is 39.3 Å². The highest BCUT2D eigenvalue weighted by atomic mass is 32.2. The van der Waals surface area contributed by atoms with Crippen molar-refractivity contribution in [2.24, 2.45) is 0 Å². The minimum atomic E-state index is -1.28. The molecule has 2 aliphatic heterocycles. The summed E-state index contributed by atoms with van der Waals surface area (Å²) in [5, 5.41) is 13.7. The zero-order valence-corrected chi connectivity index (χ0v) is 21.9. The summed E-state index contributed by atoms with van der Waals surface area (Å²) >= 11 is 1.34. The molecule has 200 valence electrons. The van der Waals surface area contributed by atoms with Crippen LogP contribution in [0.4, 0.5) is 4.79 Å². The summed E-state index contributed by atoms with van der Waals surface area (Å²) < 4.78 is -0.342. The largest absolute Gasteiger partial charge is 0.480 e. The van der Waals surface area contributed by atoms with Crippen molar-refractivity contribution in [3.63, 3.8) is 0 Å². The first-order valence-corrected chi connectivity index (χ1v) is 12.7. The number of carbonyl (C=O) groups excluding carboxylic acids is 5. The third-order valence-corrected chi connectivity index (χ3v) is 7.29. The molecule has 3 N–H and O–H groups in total. The van der Waals surface area contributed by atoms with Crippen molar-refractivity contribution in [3.05, 3.63) is 35.9 Å². The molecule has 0 saturated carbocycles. The number of carboxylic acids is 1. The highest BCUT2D eigenvalue weighted by Crippen LogP contribution is 2.38. The van der Waals surface area contributed by atoms with Crippen LogP contribution >= 0.6 is 11.8 Å². The van der Waals surface area contributed by atoms with E-state index >= 15 is 0 Å². The molecule has 2 fully saturated rings. The number of likely N-dealkylation sites (N-methyl/N-ethyl adjacent to an activating group) is 1. The summed E-state index contributed by atoms with van der Waals surface area (Å²) in [5.41, 5.74) is 0.397. The van der Waals surface area contributed by atoms with E-state index in [0.29, 0.717) is 12.1 Å². The fraction of sp³-hybridized carbons (Fsp3) is 0.500. The van der Waals surface area contributed by atoms with Crippen LogP contribution in [0.15, 0.2) is 30.3 Å². The minimum Gasteiger partial charge on any atom is -0.480 e. The lowest BCUT2D eigenvalue weighted by atomic mass is 10.0. The average molecular weight is 534 g/mol. The Morgan fingerprint density at radius 1 is 1.08 bits per heavy atom. The number of hydrogen-bond donors (Lipinski definition) is 3. The summed E-state index contributed by atoms with van der Waals surface area (Å²) in [6.07, 6.45) is 0. The molecule has 13 heteroatoms. The maximum atomic E-state index is 13.4. The van der Waals surface area contributed by atoms with Gasteiger partial charge in [-0.15, -0.1) is 11.8 Å². The van der Waals surface area contributed by atoms with E-state index in [9.17, 15) is 33.9 Å². The van der Waals surface area contributed by atoms with Gasteiger partial charge < -0.3 is 25.5 Å². The lowest BCUT2D eigenvalue weighted by Crippen LogP contribution is -2.71. The number of aliphatic carboxylic acids is 1. The first-order chi connectivity index (χ1) is 17.3. The number of amides is 6. The van der Waals surface area contributed by atoms with Gasteiger partial charge in [-0.05, 0) is 12.5 Å². The maximum Gasteiger partial charge on any atom is 0.325 e. The van der Waals surface area contributed by atoms with Crippen LogP contribution in [0, 0.1) is 0 Å². The molecule has 3 rings (SSSR count). The Bertz CT molecular complexity index is 1090. The van der Waals surface area contributed by atoms with Gasteiger partial charge in [-0.2, -0.15) is 0 Å². The third kappa shape index (κ3) is 6.40. The molecule has 2 saturated heterocycles. The molecule has 0 aromatic heterocycles. The highest BCUT2D eigenvalue weighted by Gasteiger charge is 2.51. The Hall–Kier alpha value is -3.61. The second-order valence-electron chi connectivity index (χ2n) is 9.60. The number of carboxylic acid groups (broad SMARTS) is 1. The van der Waals surface area contributed by atoms with Crippen molar-refractivity contribution in [2.45, 2.75) is 49.9 Å². The molecule has 1 aromatic rings. The number of thioether (sulfide) groups is 1. The number of nitrogens with one attached hydrogen (secondary N) is 2. The molecule has 0 aliphatic carbocycles. The molecule has 0 spiro atoms. The number of benzene rings is 1. The van der Waals surface area contributed by atoms with Crippen molar-refractivity contribution in [3.8, 4) is 0 Å². The van der Waals surface area contributed by atoms with Gasteiger partial charge in [0.15, 0.2) is 0 Å². The number of hydrogen-bond acceptors (Lipinski definition) is 7. The molecule has 12 nitrogen and oxygen atoms in total. The topological polar surface area (TPSA) is 156 Å².